The van der Waals surface area contributed by atoms with E-state index in [0.717, 1.165) is 0 Å². The Bertz CT molecular complexity index is 502. The molecule has 0 saturated heterocycles. The maximum atomic E-state index is 11.6. The number of carbonyl (C=O) groups is 2. The van der Waals surface area contributed by atoms with Gasteiger partial charge in [-0.15, -0.1) is 0 Å². The molecule has 1 N–H and O–H groups in total. The van der Waals surface area contributed by atoms with Crippen molar-refractivity contribution in [2.75, 3.05) is 0 Å². The van der Waals surface area contributed by atoms with Crippen molar-refractivity contribution in [1.29, 1.82) is 0 Å². The summed E-state index contributed by atoms with van der Waals surface area (Å²) in [6, 6.07) is 6.35. The third-order valence-electron chi connectivity index (χ3n) is 2.92. The van der Waals surface area contributed by atoms with Crippen molar-refractivity contribution >= 4 is 27.8 Å². The minimum Gasteiger partial charge on any atom is -0.488 e. The van der Waals surface area contributed by atoms with E-state index in [4.69, 9.17) is 9.84 Å². The largest absolute Gasteiger partial charge is 0.488 e. The standard InChI is InChI=1S/C14H19BO4P/c1-9(12(16)15-20)8-14(2,3)19-11-6-4-5-10(7-11)13(17)18/h4-7,9H,8,20H2,1-3H3,(H,17,18). The zero-order valence-electron chi connectivity index (χ0n) is 11.9. The molecule has 20 heavy (non-hydrogen) atoms. The summed E-state index contributed by atoms with van der Waals surface area (Å²) in [6.07, 6.45) is 0.550. The van der Waals surface area contributed by atoms with E-state index in [2.05, 4.69) is 9.12 Å². The lowest BCUT2D eigenvalue weighted by molar-refractivity contribution is -0.116. The maximum absolute atomic E-state index is 11.6. The second-order valence-corrected chi connectivity index (χ2v) is 5.70. The van der Waals surface area contributed by atoms with E-state index in [1.807, 2.05) is 20.8 Å². The summed E-state index contributed by atoms with van der Waals surface area (Å²) < 4.78 is 5.82. The first-order valence-corrected chi connectivity index (χ1v) is 7.03. The molecule has 1 aromatic rings. The van der Waals surface area contributed by atoms with Gasteiger partial charge in [0.25, 0.3) is 0 Å². The van der Waals surface area contributed by atoms with Crippen molar-refractivity contribution in [2.45, 2.75) is 32.8 Å². The fourth-order valence-corrected chi connectivity index (χ4v) is 2.38. The average Bonchev–Trinajstić information content (AvgIpc) is 2.36. The van der Waals surface area contributed by atoms with Gasteiger partial charge < -0.3 is 14.6 Å². The molecule has 1 rings (SSSR count). The fraction of sp³-hybridized carbons (Fsp3) is 0.429. The Kier molecular flexibility index (Phi) is 5.76. The smallest absolute Gasteiger partial charge is 0.335 e. The predicted molar refractivity (Wildman–Crippen MR) is 82.4 cm³/mol. The minimum atomic E-state index is -0.991. The van der Waals surface area contributed by atoms with Crippen molar-refractivity contribution in [3.63, 3.8) is 0 Å². The number of ether oxygens (including phenoxy) is 1. The molecular formula is C14H19BO4P. The lowest BCUT2D eigenvalue weighted by Crippen LogP contribution is -2.33. The summed E-state index contributed by atoms with van der Waals surface area (Å²) in [5.74, 6) is -0.649. The average molecular weight is 293 g/mol. The summed E-state index contributed by atoms with van der Waals surface area (Å²) in [5, 5.41) is 8.95. The van der Waals surface area contributed by atoms with Gasteiger partial charge in [-0.3, -0.25) is 0 Å². The van der Waals surface area contributed by atoms with Crippen LogP contribution in [0.5, 0.6) is 5.75 Å². The highest BCUT2D eigenvalue weighted by Gasteiger charge is 2.26. The highest BCUT2D eigenvalue weighted by Crippen LogP contribution is 2.25. The molecule has 0 saturated carbocycles. The van der Waals surface area contributed by atoms with Gasteiger partial charge in [0.1, 0.15) is 11.4 Å². The minimum absolute atomic E-state index is 0.0472. The number of rotatable bonds is 7. The molecule has 2 atom stereocenters. The van der Waals surface area contributed by atoms with E-state index in [9.17, 15) is 9.59 Å². The molecule has 0 bridgehead atoms. The van der Waals surface area contributed by atoms with Crippen LogP contribution >= 0.6 is 9.12 Å². The lowest BCUT2D eigenvalue weighted by atomic mass is 9.82. The molecule has 0 amide bonds. The van der Waals surface area contributed by atoms with Gasteiger partial charge in [-0.1, -0.05) is 13.0 Å². The molecule has 0 spiro atoms. The van der Waals surface area contributed by atoms with E-state index in [1.54, 1.807) is 12.1 Å². The fourth-order valence-electron chi connectivity index (χ4n) is 2.06. The molecular weight excluding hydrogens is 274 g/mol. The number of benzene rings is 1. The number of carboxylic acid groups (broad SMARTS) is 1. The lowest BCUT2D eigenvalue weighted by Gasteiger charge is -2.29. The molecule has 0 heterocycles. The van der Waals surface area contributed by atoms with Gasteiger partial charge in [-0.05, 0) is 38.5 Å². The number of hydrogen-bond acceptors (Lipinski definition) is 3. The SMILES string of the molecule is CC(CC(C)(C)Oc1cccc(C(=O)O)c1)C(=O)[B]P. The molecule has 0 fully saturated rings. The number of carboxylic acids is 1. The molecule has 0 aliphatic rings. The zero-order chi connectivity index (χ0) is 15.3. The van der Waals surface area contributed by atoms with Crippen molar-refractivity contribution in [2.24, 2.45) is 5.92 Å². The summed E-state index contributed by atoms with van der Waals surface area (Å²) in [7, 11) is 2.31. The first-order valence-electron chi connectivity index (χ1n) is 6.36. The Balaban J connectivity index is 2.77. The number of aromatic carboxylic acids is 1. The van der Waals surface area contributed by atoms with Gasteiger partial charge >= 0.3 is 5.97 Å². The van der Waals surface area contributed by atoms with E-state index in [0.29, 0.717) is 12.2 Å². The Morgan fingerprint density at radius 2 is 2.10 bits per heavy atom. The van der Waals surface area contributed by atoms with Gasteiger partial charge in [0.15, 0.2) is 0 Å². The second-order valence-electron chi connectivity index (χ2n) is 5.37. The van der Waals surface area contributed by atoms with Crippen LogP contribution in [0.15, 0.2) is 24.3 Å². The quantitative estimate of drug-likeness (QED) is 0.620. The third kappa shape index (κ3) is 4.97. The van der Waals surface area contributed by atoms with Crippen LogP contribution in [-0.4, -0.2) is 29.4 Å². The van der Waals surface area contributed by atoms with Crippen LogP contribution in [0.1, 0.15) is 37.6 Å². The molecule has 107 valence electrons. The van der Waals surface area contributed by atoms with Crippen LogP contribution < -0.4 is 4.74 Å². The van der Waals surface area contributed by atoms with Gasteiger partial charge in [-0.2, -0.15) is 9.12 Å². The van der Waals surface area contributed by atoms with Gasteiger partial charge in [0, 0.05) is 5.92 Å². The molecule has 0 aliphatic carbocycles. The summed E-state index contributed by atoms with van der Waals surface area (Å²) >= 11 is 0. The van der Waals surface area contributed by atoms with Crippen LogP contribution in [0.2, 0.25) is 0 Å². The van der Waals surface area contributed by atoms with E-state index >= 15 is 0 Å². The second kappa shape index (κ2) is 6.89. The Labute approximate surface area is 122 Å². The van der Waals surface area contributed by atoms with Crippen LogP contribution in [0.25, 0.3) is 0 Å². The van der Waals surface area contributed by atoms with E-state index < -0.39 is 11.6 Å². The Morgan fingerprint density at radius 3 is 2.65 bits per heavy atom. The van der Waals surface area contributed by atoms with Gasteiger partial charge in [0.05, 0.1) is 11.2 Å². The highest BCUT2D eigenvalue weighted by atomic mass is 31.0. The van der Waals surface area contributed by atoms with Crippen molar-refractivity contribution < 1.29 is 19.4 Å². The molecule has 1 aromatic carbocycles. The van der Waals surface area contributed by atoms with Crippen molar-refractivity contribution in [1.82, 2.24) is 0 Å². The first kappa shape index (κ1) is 16.7. The number of carbonyl (C=O) groups excluding carboxylic acids is 1. The normalized spacial score (nSPS) is 12.6. The highest BCUT2D eigenvalue weighted by molar-refractivity contribution is 7.62. The van der Waals surface area contributed by atoms with Crippen LogP contribution in [0.3, 0.4) is 0 Å². The molecule has 2 unspecified atom stereocenters. The van der Waals surface area contributed by atoms with E-state index in [-0.39, 0.29) is 17.2 Å². The predicted octanol–water partition coefficient (Wildman–Crippen LogP) is 2.59. The van der Waals surface area contributed by atoms with Crippen LogP contribution in [0.4, 0.5) is 0 Å². The third-order valence-corrected chi connectivity index (χ3v) is 3.25. The summed E-state index contributed by atoms with van der Waals surface area (Å²) in [6.45, 7) is 7.09. The van der Waals surface area contributed by atoms with Gasteiger partial charge in [-0.25, -0.2) is 4.79 Å². The monoisotopic (exact) mass is 293 g/mol. The van der Waals surface area contributed by atoms with E-state index in [1.165, 1.54) is 19.1 Å². The topological polar surface area (TPSA) is 63.6 Å². The van der Waals surface area contributed by atoms with Crippen LogP contribution in [-0.2, 0) is 4.79 Å². The van der Waals surface area contributed by atoms with Crippen molar-refractivity contribution in [3.05, 3.63) is 29.8 Å². The van der Waals surface area contributed by atoms with Crippen molar-refractivity contribution in [3.8, 4) is 5.75 Å². The maximum Gasteiger partial charge on any atom is 0.335 e. The zero-order valence-corrected chi connectivity index (χ0v) is 13.1. The molecule has 4 nitrogen and oxygen atoms in total. The molecule has 6 heteroatoms. The summed E-state index contributed by atoms with van der Waals surface area (Å²) in [5.41, 5.74) is -0.327. The first-order chi connectivity index (χ1) is 9.25. The van der Waals surface area contributed by atoms with Gasteiger partial charge in [0.2, 0.25) is 7.00 Å². The Morgan fingerprint density at radius 1 is 1.45 bits per heavy atom. The summed E-state index contributed by atoms with van der Waals surface area (Å²) in [4.78, 5) is 22.5. The number of hydrogen-bond donors (Lipinski definition) is 1. The van der Waals surface area contributed by atoms with Crippen LogP contribution in [0, 0.1) is 5.92 Å². The Hall–Kier alpha value is -1.35. The molecule has 0 aromatic heterocycles. The molecule has 1 radical (unpaired) electrons. The molecule has 0 aliphatic heterocycles.